The first-order chi connectivity index (χ1) is 14.1. The molecule has 5 atom stereocenters. The summed E-state index contributed by atoms with van der Waals surface area (Å²) < 4.78 is 18.6. The minimum atomic E-state index is -1.93. The van der Waals surface area contributed by atoms with E-state index in [-0.39, 0.29) is 17.1 Å². The van der Waals surface area contributed by atoms with Gasteiger partial charge in [0.1, 0.15) is 12.4 Å². The molecular formula is C26H42O4Si. The highest BCUT2D eigenvalue weighted by Crippen LogP contribution is 2.43. The van der Waals surface area contributed by atoms with Crippen molar-refractivity contribution in [2.75, 3.05) is 6.61 Å². The average Bonchev–Trinajstić information content (AvgIpc) is 2.88. The Morgan fingerprint density at radius 1 is 1.32 bits per heavy atom. The van der Waals surface area contributed by atoms with E-state index in [0.717, 1.165) is 24.7 Å². The molecule has 1 fully saturated rings. The van der Waals surface area contributed by atoms with Crippen molar-refractivity contribution < 1.29 is 18.7 Å². The molecule has 1 aliphatic carbocycles. The molecule has 5 heteroatoms. The summed E-state index contributed by atoms with van der Waals surface area (Å²) in [6.07, 6.45) is 14.9. The quantitative estimate of drug-likeness (QED) is 0.161. The van der Waals surface area contributed by atoms with Crippen molar-refractivity contribution in [2.45, 2.75) is 96.9 Å². The van der Waals surface area contributed by atoms with Crippen molar-refractivity contribution in [1.29, 1.82) is 0 Å². The van der Waals surface area contributed by atoms with Crippen molar-refractivity contribution in [3.8, 4) is 12.3 Å². The van der Waals surface area contributed by atoms with Crippen LogP contribution in [0.25, 0.3) is 0 Å². The van der Waals surface area contributed by atoms with Gasteiger partial charge in [-0.25, -0.2) is 0 Å². The third kappa shape index (κ3) is 6.19. The normalized spacial score (nSPS) is 33.9. The van der Waals surface area contributed by atoms with Gasteiger partial charge in [0.05, 0.1) is 6.61 Å². The standard InChI is InChI=1S/C26H42O4Si/c1-11-26(8)23(29-25(6,7)30-26)16-21-14-12-13-19(2)22(21)15-20(17-27)18-28-31(9,10)24(3,4)5/h1,12-13,15,17,19,21-23H,14,16,18H2,2-10H3/b20-15+/t19-,21-,22-,23+,26+/m1/s1. The van der Waals surface area contributed by atoms with Gasteiger partial charge in [-0.05, 0) is 69.5 Å². The fraction of sp³-hybridized carbons (Fsp3) is 0.731. The monoisotopic (exact) mass is 446 g/mol. The van der Waals surface area contributed by atoms with Crippen molar-refractivity contribution in [2.24, 2.45) is 17.8 Å². The van der Waals surface area contributed by atoms with Crippen molar-refractivity contribution in [1.82, 2.24) is 0 Å². The topological polar surface area (TPSA) is 44.8 Å². The van der Waals surface area contributed by atoms with Gasteiger partial charge in [0.25, 0.3) is 0 Å². The zero-order chi connectivity index (χ0) is 23.7. The van der Waals surface area contributed by atoms with Gasteiger partial charge in [0.15, 0.2) is 19.7 Å². The van der Waals surface area contributed by atoms with E-state index in [1.807, 2.05) is 20.8 Å². The fourth-order valence-corrected chi connectivity index (χ4v) is 5.26. The highest BCUT2D eigenvalue weighted by molar-refractivity contribution is 6.74. The molecule has 4 nitrogen and oxygen atoms in total. The maximum atomic E-state index is 11.9. The van der Waals surface area contributed by atoms with Gasteiger partial charge < -0.3 is 13.9 Å². The van der Waals surface area contributed by atoms with Gasteiger partial charge in [-0.1, -0.05) is 51.8 Å². The number of hydrogen-bond acceptors (Lipinski definition) is 4. The van der Waals surface area contributed by atoms with Crippen LogP contribution in [0.4, 0.5) is 0 Å². The molecule has 0 aromatic rings. The lowest BCUT2D eigenvalue weighted by Gasteiger charge is -2.37. The summed E-state index contributed by atoms with van der Waals surface area (Å²) in [5.74, 6) is 2.99. The van der Waals surface area contributed by atoms with Crippen LogP contribution in [-0.2, 0) is 18.7 Å². The molecule has 1 aliphatic heterocycles. The van der Waals surface area contributed by atoms with E-state index in [9.17, 15) is 4.79 Å². The summed E-state index contributed by atoms with van der Waals surface area (Å²) in [7, 11) is -1.93. The molecule has 1 saturated heterocycles. The zero-order valence-corrected chi connectivity index (χ0v) is 22.0. The van der Waals surface area contributed by atoms with Crippen molar-refractivity contribution in [3.63, 3.8) is 0 Å². The van der Waals surface area contributed by atoms with E-state index < -0.39 is 19.7 Å². The number of rotatable bonds is 7. The molecule has 0 radical (unpaired) electrons. The van der Waals surface area contributed by atoms with E-state index in [2.05, 4.69) is 64.9 Å². The number of carbonyl (C=O) groups excluding carboxylic acids is 1. The van der Waals surface area contributed by atoms with Crippen LogP contribution in [0, 0.1) is 30.1 Å². The maximum Gasteiger partial charge on any atom is 0.192 e. The first-order valence-electron chi connectivity index (χ1n) is 11.5. The molecule has 0 unspecified atom stereocenters. The van der Waals surface area contributed by atoms with Gasteiger partial charge >= 0.3 is 0 Å². The molecule has 2 rings (SSSR count). The predicted molar refractivity (Wildman–Crippen MR) is 129 cm³/mol. The minimum absolute atomic E-state index is 0.108. The Morgan fingerprint density at radius 3 is 2.52 bits per heavy atom. The second-order valence-corrected chi connectivity index (χ2v) is 16.2. The average molecular weight is 447 g/mol. The van der Waals surface area contributed by atoms with Crippen LogP contribution in [0.15, 0.2) is 23.8 Å². The number of aldehydes is 1. The number of allylic oxidation sites excluding steroid dienone is 3. The molecule has 0 aromatic heterocycles. The summed E-state index contributed by atoms with van der Waals surface area (Å²) in [5, 5.41) is 0.108. The Kier molecular flexibility index (Phi) is 7.86. The van der Waals surface area contributed by atoms with Gasteiger partial charge in [0.2, 0.25) is 0 Å². The Hall–Kier alpha value is -1.19. The first kappa shape index (κ1) is 26.1. The minimum Gasteiger partial charge on any atom is -0.412 e. The summed E-state index contributed by atoms with van der Waals surface area (Å²) >= 11 is 0. The van der Waals surface area contributed by atoms with E-state index in [0.29, 0.717) is 18.4 Å². The van der Waals surface area contributed by atoms with E-state index in [1.165, 1.54) is 0 Å². The second kappa shape index (κ2) is 9.35. The highest BCUT2D eigenvalue weighted by Gasteiger charge is 2.50. The fourth-order valence-electron chi connectivity index (χ4n) is 4.30. The third-order valence-corrected chi connectivity index (χ3v) is 11.8. The first-order valence-corrected chi connectivity index (χ1v) is 14.4. The predicted octanol–water partition coefficient (Wildman–Crippen LogP) is 5.90. The van der Waals surface area contributed by atoms with Crippen LogP contribution in [0.5, 0.6) is 0 Å². The summed E-state index contributed by atoms with van der Waals surface area (Å²) in [6, 6.07) is 0. The van der Waals surface area contributed by atoms with Gasteiger partial charge in [-0.3, -0.25) is 4.79 Å². The van der Waals surface area contributed by atoms with Gasteiger partial charge in [-0.2, -0.15) is 0 Å². The second-order valence-electron chi connectivity index (χ2n) is 11.4. The SMILES string of the molecule is C#C[C@]1(C)OC(C)(C)O[C@H]1C[C@H]1CC=C[C@@H](C)[C@H]1/C=C(\C=O)CO[Si](C)(C)C(C)(C)C. The Bertz CT molecular complexity index is 752. The van der Waals surface area contributed by atoms with Crippen LogP contribution in [0.1, 0.15) is 61.3 Å². The summed E-state index contributed by atoms with van der Waals surface area (Å²) in [5.41, 5.74) is -0.0215. The third-order valence-electron chi connectivity index (χ3n) is 7.30. The van der Waals surface area contributed by atoms with Crippen molar-refractivity contribution in [3.05, 3.63) is 23.8 Å². The lowest BCUT2D eigenvalue weighted by Crippen LogP contribution is -2.41. The largest absolute Gasteiger partial charge is 0.412 e. The van der Waals surface area contributed by atoms with Crippen LogP contribution in [0.2, 0.25) is 18.1 Å². The highest BCUT2D eigenvalue weighted by atomic mass is 28.4. The van der Waals surface area contributed by atoms with Crippen LogP contribution >= 0.6 is 0 Å². The summed E-state index contributed by atoms with van der Waals surface area (Å²) in [4.78, 5) is 11.9. The molecule has 0 amide bonds. The number of terminal acetylenes is 1. The molecular weight excluding hydrogens is 404 g/mol. The Morgan fingerprint density at radius 2 is 1.97 bits per heavy atom. The van der Waals surface area contributed by atoms with E-state index in [4.69, 9.17) is 20.3 Å². The van der Waals surface area contributed by atoms with Crippen LogP contribution < -0.4 is 0 Å². The molecule has 0 spiro atoms. The number of carbonyl (C=O) groups is 1. The summed E-state index contributed by atoms with van der Waals surface area (Å²) in [6.45, 7) is 19.4. The lowest BCUT2D eigenvalue weighted by molar-refractivity contribution is -0.153. The molecule has 0 aromatic carbocycles. The van der Waals surface area contributed by atoms with Crippen LogP contribution in [-0.4, -0.2) is 38.7 Å². The molecule has 31 heavy (non-hydrogen) atoms. The Balaban J connectivity index is 2.21. The maximum absolute atomic E-state index is 11.9. The van der Waals surface area contributed by atoms with Crippen molar-refractivity contribution >= 4 is 14.6 Å². The van der Waals surface area contributed by atoms with Crippen LogP contribution in [0.3, 0.4) is 0 Å². The Labute approximate surface area is 190 Å². The molecule has 0 saturated carbocycles. The lowest BCUT2D eigenvalue weighted by atomic mass is 9.72. The van der Waals surface area contributed by atoms with E-state index in [1.54, 1.807) is 0 Å². The molecule has 0 bridgehead atoms. The molecule has 0 N–H and O–H groups in total. The smallest absolute Gasteiger partial charge is 0.192 e. The number of ether oxygens (including phenoxy) is 2. The molecule has 174 valence electrons. The number of hydrogen-bond donors (Lipinski definition) is 0. The zero-order valence-electron chi connectivity index (χ0n) is 21.0. The van der Waals surface area contributed by atoms with Gasteiger partial charge in [-0.15, -0.1) is 6.42 Å². The molecule has 2 aliphatic rings. The van der Waals surface area contributed by atoms with Gasteiger partial charge in [0, 0.05) is 5.57 Å². The van der Waals surface area contributed by atoms with E-state index >= 15 is 0 Å². The molecule has 1 heterocycles.